The number of hydrogen-bond acceptors (Lipinski definition) is 2. The predicted octanol–water partition coefficient (Wildman–Crippen LogP) is 10.4. The maximum absolute atomic E-state index is 2.57. The van der Waals surface area contributed by atoms with Crippen LogP contribution in [-0.2, 0) is 0 Å². The minimum Gasteiger partial charge on any atom is -0.356 e. The van der Waals surface area contributed by atoms with Crippen molar-refractivity contribution >= 4 is 5.69 Å². The van der Waals surface area contributed by atoms with Gasteiger partial charge in [0, 0.05) is 24.6 Å². The molecule has 194 valence electrons. The molecule has 1 atom stereocenters. The third kappa shape index (κ3) is 12.3. The molecule has 1 aromatic rings. The van der Waals surface area contributed by atoms with Crippen LogP contribution in [0.3, 0.4) is 0 Å². The predicted molar refractivity (Wildman–Crippen MR) is 152 cm³/mol. The Morgan fingerprint density at radius 2 is 1.00 bits per heavy atom. The van der Waals surface area contributed by atoms with Gasteiger partial charge in [-0.1, -0.05) is 141 Å². The summed E-state index contributed by atoms with van der Waals surface area (Å²) >= 11 is 0. The van der Waals surface area contributed by atoms with Crippen LogP contribution in [-0.4, -0.2) is 17.6 Å². The molecule has 1 heterocycles. The molecule has 1 aromatic carbocycles. The summed E-state index contributed by atoms with van der Waals surface area (Å²) in [6.45, 7) is 5.77. The summed E-state index contributed by atoms with van der Waals surface area (Å²) in [4.78, 5) is 5.06. The van der Waals surface area contributed by atoms with Crippen LogP contribution in [0.1, 0.15) is 142 Å². The maximum atomic E-state index is 2.57. The average molecular weight is 469 g/mol. The monoisotopic (exact) mass is 468 g/mol. The smallest absolute Gasteiger partial charge is 0.105 e. The van der Waals surface area contributed by atoms with E-state index < -0.39 is 0 Å². The van der Waals surface area contributed by atoms with Crippen LogP contribution in [0.4, 0.5) is 5.69 Å². The molecule has 0 bridgehead atoms. The van der Waals surface area contributed by atoms with Crippen molar-refractivity contribution in [2.75, 3.05) is 11.4 Å². The fraction of sp³-hybridized carbons (Fsp3) is 0.750. The van der Waals surface area contributed by atoms with Gasteiger partial charge >= 0.3 is 0 Å². The number of unbranched alkanes of at least 4 members (excludes halogenated alkanes) is 17. The van der Waals surface area contributed by atoms with E-state index >= 15 is 0 Å². The summed E-state index contributed by atoms with van der Waals surface area (Å²) < 4.78 is 0. The van der Waals surface area contributed by atoms with Crippen LogP contribution < -0.4 is 4.90 Å². The molecule has 1 aliphatic rings. The molecule has 0 N–H and O–H groups in total. The molecule has 0 spiro atoms. The van der Waals surface area contributed by atoms with Gasteiger partial charge in [0.1, 0.15) is 6.17 Å². The molecule has 2 nitrogen and oxygen atoms in total. The van der Waals surface area contributed by atoms with E-state index in [2.05, 4.69) is 66.4 Å². The molecule has 1 unspecified atom stereocenters. The van der Waals surface area contributed by atoms with Crippen molar-refractivity contribution in [3.63, 3.8) is 0 Å². The van der Waals surface area contributed by atoms with Gasteiger partial charge in [0.25, 0.3) is 0 Å². The van der Waals surface area contributed by atoms with Crippen molar-refractivity contribution in [1.29, 1.82) is 0 Å². The SMILES string of the molecule is CCCCCCCCCCCCCCCCCCCC1N(CCCC)C=CN1c1ccccc1. The number of rotatable bonds is 22. The van der Waals surface area contributed by atoms with E-state index in [1.807, 2.05) is 0 Å². The standard InChI is InChI=1S/C32H56N2/c1-3-5-7-8-9-10-11-12-13-14-15-16-17-18-19-20-24-27-32-33(28-6-4-2)29-30-34(32)31-25-22-21-23-26-31/h21-23,25-26,29-30,32H,3-20,24,27-28H2,1-2H3. The Balaban J connectivity index is 1.46. The molecular weight excluding hydrogens is 412 g/mol. The van der Waals surface area contributed by atoms with E-state index in [-0.39, 0.29) is 0 Å². The number of hydrogen-bond donors (Lipinski definition) is 0. The number of nitrogens with zero attached hydrogens (tertiary/aromatic N) is 2. The first-order chi connectivity index (χ1) is 16.9. The van der Waals surface area contributed by atoms with Crippen LogP contribution in [0.2, 0.25) is 0 Å². The van der Waals surface area contributed by atoms with Crippen LogP contribution in [0.5, 0.6) is 0 Å². The molecule has 1 aliphatic heterocycles. The van der Waals surface area contributed by atoms with Crippen molar-refractivity contribution < 1.29 is 0 Å². The quantitative estimate of drug-likeness (QED) is 0.156. The van der Waals surface area contributed by atoms with E-state index in [0.717, 1.165) is 0 Å². The van der Waals surface area contributed by atoms with Crippen molar-refractivity contribution in [1.82, 2.24) is 4.90 Å². The van der Waals surface area contributed by atoms with Gasteiger partial charge in [-0.05, 0) is 31.4 Å². The lowest BCUT2D eigenvalue weighted by atomic mass is 10.0. The first kappa shape index (κ1) is 28.8. The van der Waals surface area contributed by atoms with E-state index in [1.165, 1.54) is 141 Å². The van der Waals surface area contributed by atoms with Gasteiger partial charge in [-0.25, -0.2) is 0 Å². The van der Waals surface area contributed by atoms with Crippen LogP contribution in [0.25, 0.3) is 0 Å². The molecule has 2 heteroatoms. The fourth-order valence-electron chi connectivity index (χ4n) is 5.30. The van der Waals surface area contributed by atoms with Gasteiger partial charge < -0.3 is 9.80 Å². The normalized spacial score (nSPS) is 15.5. The molecule has 0 aromatic heterocycles. The Kier molecular flexibility index (Phi) is 16.8. The Bertz CT molecular complexity index is 596. The van der Waals surface area contributed by atoms with E-state index in [9.17, 15) is 0 Å². The van der Waals surface area contributed by atoms with Gasteiger partial charge in [0.2, 0.25) is 0 Å². The topological polar surface area (TPSA) is 6.48 Å². The number of anilines is 1. The Morgan fingerprint density at radius 1 is 0.529 bits per heavy atom. The second kappa shape index (κ2) is 19.8. The zero-order chi connectivity index (χ0) is 24.1. The van der Waals surface area contributed by atoms with Crippen molar-refractivity contribution in [3.8, 4) is 0 Å². The highest BCUT2D eigenvalue weighted by molar-refractivity contribution is 5.51. The van der Waals surface area contributed by atoms with Gasteiger partial charge in [-0.3, -0.25) is 0 Å². The number of benzene rings is 1. The molecule has 0 saturated heterocycles. The van der Waals surface area contributed by atoms with Gasteiger partial charge in [0.15, 0.2) is 0 Å². The molecule has 0 radical (unpaired) electrons. The van der Waals surface area contributed by atoms with Crippen LogP contribution in [0, 0.1) is 0 Å². The third-order valence-corrected chi connectivity index (χ3v) is 7.51. The van der Waals surface area contributed by atoms with Crippen LogP contribution >= 0.6 is 0 Å². The highest BCUT2D eigenvalue weighted by atomic mass is 15.4. The molecule has 2 rings (SSSR count). The minimum atomic E-state index is 0.505. The van der Waals surface area contributed by atoms with Crippen molar-refractivity contribution in [3.05, 3.63) is 42.7 Å². The van der Waals surface area contributed by atoms with Crippen LogP contribution in [0.15, 0.2) is 42.7 Å². The summed E-state index contributed by atoms with van der Waals surface area (Å²) in [6, 6.07) is 10.9. The van der Waals surface area contributed by atoms with Gasteiger partial charge in [-0.15, -0.1) is 0 Å². The summed E-state index contributed by atoms with van der Waals surface area (Å²) in [7, 11) is 0. The lowest BCUT2D eigenvalue weighted by Gasteiger charge is -2.33. The third-order valence-electron chi connectivity index (χ3n) is 7.51. The zero-order valence-corrected chi connectivity index (χ0v) is 22.9. The lowest BCUT2D eigenvalue weighted by molar-refractivity contribution is 0.275. The first-order valence-corrected chi connectivity index (χ1v) is 15.1. The van der Waals surface area contributed by atoms with E-state index in [4.69, 9.17) is 0 Å². The Hall–Kier alpha value is -1.44. The molecule has 0 fully saturated rings. The molecule has 0 aliphatic carbocycles. The summed E-state index contributed by atoms with van der Waals surface area (Å²) in [5.74, 6) is 0. The number of para-hydroxylation sites is 1. The molecule has 0 amide bonds. The summed E-state index contributed by atoms with van der Waals surface area (Å²) in [5, 5.41) is 0. The van der Waals surface area contributed by atoms with Crippen molar-refractivity contribution in [2.24, 2.45) is 0 Å². The highest BCUT2D eigenvalue weighted by Gasteiger charge is 2.26. The molecular formula is C32H56N2. The highest BCUT2D eigenvalue weighted by Crippen LogP contribution is 2.28. The largest absolute Gasteiger partial charge is 0.356 e. The molecule has 34 heavy (non-hydrogen) atoms. The zero-order valence-electron chi connectivity index (χ0n) is 22.9. The van der Waals surface area contributed by atoms with E-state index in [1.54, 1.807) is 0 Å². The summed E-state index contributed by atoms with van der Waals surface area (Å²) in [5.41, 5.74) is 1.33. The maximum Gasteiger partial charge on any atom is 0.105 e. The second-order valence-electron chi connectivity index (χ2n) is 10.6. The first-order valence-electron chi connectivity index (χ1n) is 15.1. The minimum absolute atomic E-state index is 0.505. The van der Waals surface area contributed by atoms with E-state index in [0.29, 0.717) is 6.17 Å². The fourth-order valence-corrected chi connectivity index (χ4v) is 5.30. The second-order valence-corrected chi connectivity index (χ2v) is 10.6. The van der Waals surface area contributed by atoms with Gasteiger partial charge in [-0.2, -0.15) is 0 Å². The van der Waals surface area contributed by atoms with Crippen molar-refractivity contribution in [2.45, 2.75) is 148 Å². The Morgan fingerprint density at radius 3 is 1.50 bits per heavy atom. The van der Waals surface area contributed by atoms with Gasteiger partial charge in [0.05, 0.1) is 0 Å². The Labute approximate surface area is 213 Å². The lowest BCUT2D eigenvalue weighted by Crippen LogP contribution is -2.39. The molecule has 0 saturated carbocycles. The average Bonchev–Trinajstić information content (AvgIpc) is 3.27. The summed E-state index contributed by atoms with van der Waals surface area (Å²) in [6.07, 6.45) is 33.4.